The van der Waals surface area contributed by atoms with Crippen LogP contribution in [0.15, 0.2) is 60.0 Å². The van der Waals surface area contributed by atoms with Crippen molar-refractivity contribution >= 4 is 34.5 Å². The second-order valence-electron chi connectivity index (χ2n) is 10.8. The van der Waals surface area contributed by atoms with Crippen molar-refractivity contribution in [2.24, 2.45) is 0 Å². The number of hydrogen-bond acceptors (Lipinski definition) is 7. The van der Waals surface area contributed by atoms with Gasteiger partial charge in [-0.1, -0.05) is 39.0 Å². The van der Waals surface area contributed by atoms with Gasteiger partial charge in [0.2, 0.25) is 11.9 Å². The minimum absolute atomic E-state index is 0.188. The molecule has 4 aromatic rings. The normalized spacial score (nSPS) is 15.9. The molecule has 0 bridgehead atoms. The van der Waals surface area contributed by atoms with Crippen molar-refractivity contribution < 1.29 is 9.59 Å². The van der Waals surface area contributed by atoms with Gasteiger partial charge in [-0.25, -0.2) is 19.3 Å². The zero-order valence-electron chi connectivity index (χ0n) is 21.4. The molecule has 3 aromatic heterocycles. The Kier molecular flexibility index (Phi) is 5.13. The van der Waals surface area contributed by atoms with E-state index in [9.17, 15) is 14.4 Å². The number of nitrogens with zero attached hydrogens (tertiary/aromatic N) is 5. The first-order valence-corrected chi connectivity index (χ1v) is 12.5. The average Bonchev–Trinajstić information content (AvgIpc) is 3.64. The summed E-state index contributed by atoms with van der Waals surface area (Å²) >= 11 is 0. The number of benzene rings is 1. The summed E-state index contributed by atoms with van der Waals surface area (Å²) < 4.78 is 3.21. The number of fused-ring (bicyclic) bond motifs is 3. The molecule has 2 aliphatic rings. The van der Waals surface area contributed by atoms with Gasteiger partial charge in [0.25, 0.3) is 11.5 Å². The Labute approximate surface area is 218 Å². The van der Waals surface area contributed by atoms with E-state index in [0.717, 1.165) is 24.1 Å². The molecular formula is C28H27N7O3. The highest BCUT2D eigenvalue weighted by Gasteiger charge is 2.55. The van der Waals surface area contributed by atoms with Gasteiger partial charge < -0.3 is 5.32 Å². The van der Waals surface area contributed by atoms with E-state index in [1.54, 1.807) is 16.8 Å². The van der Waals surface area contributed by atoms with Crippen LogP contribution in [0, 0.1) is 0 Å². The van der Waals surface area contributed by atoms with E-state index >= 15 is 0 Å². The third-order valence-electron chi connectivity index (χ3n) is 7.14. The lowest BCUT2D eigenvalue weighted by atomic mass is 9.86. The predicted molar refractivity (Wildman–Crippen MR) is 143 cm³/mol. The van der Waals surface area contributed by atoms with Crippen LogP contribution in [0.1, 0.15) is 55.2 Å². The van der Waals surface area contributed by atoms with Gasteiger partial charge in [0, 0.05) is 28.6 Å². The Morgan fingerprint density at radius 3 is 2.63 bits per heavy atom. The number of carbonyl (C=O) groups excluding carboxylic acids is 2. The smallest absolute Gasteiger partial charge is 0.278 e. The van der Waals surface area contributed by atoms with Crippen molar-refractivity contribution in [1.29, 1.82) is 0 Å². The number of aromatic nitrogens is 5. The fourth-order valence-electron chi connectivity index (χ4n) is 4.96. The third kappa shape index (κ3) is 3.63. The van der Waals surface area contributed by atoms with Crippen LogP contribution in [0.5, 0.6) is 0 Å². The number of nitrogens with one attached hydrogen (secondary N) is 2. The first kappa shape index (κ1) is 23.8. The van der Waals surface area contributed by atoms with Gasteiger partial charge in [-0.3, -0.25) is 19.7 Å². The Balaban J connectivity index is 1.44. The summed E-state index contributed by atoms with van der Waals surface area (Å²) in [5.41, 5.74) is 2.06. The number of pyridine rings is 1. The van der Waals surface area contributed by atoms with Gasteiger partial charge in [0.05, 0.1) is 12.0 Å². The number of hydrogen-bond donors (Lipinski definition) is 2. The number of allylic oxidation sites excluding steroid dienone is 1. The maximum atomic E-state index is 13.2. The quantitative estimate of drug-likeness (QED) is 0.312. The molecule has 2 amide bonds. The van der Waals surface area contributed by atoms with Crippen LogP contribution < -0.4 is 16.2 Å². The molecule has 1 saturated carbocycles. The number of amides is 2. The lowest BCUT2D eigenvalue weighted by molar-refractivity contribution is -0.122. The number of carbonyl (C=O) groups is 2. The molecule has 0 atom stereocenters. The summed E-state index contributed by atoms with van der Waals surface area (Å²) in [4.78, 5) is 52.0. The van der Waals surface area contributed by atoms with Crippen molar-refractivity contribution in [2.45, 2.75) is 51.0 Å². The van der Waals surface area contributed by atoms with Gasteiger partial charge in [0.15, 0.2) is 11.5 Å². The topological polar surface area (TPSA) is 124 Å². The van der Waals surface area contributed by atoms with Crippen molar-refractivity contribution in [3.63, 3.8) is 0 Å². The van der Waals surface area contributed by atoms with Crippen molar-refractivity contribution in [3.05, 3.63) is 82.4 Å². The predicted octanol–water partition coefficient (Wildman–Crippen LogP) is 3.51. The SMILES string of the molecule is C=CCn1c(=O)c2cnc(Nc3ccc4c(c3)C(=O)NC(=O)C43CC3)nc2n1-c1cccc(C(C)(C)C)n1. The van der Waals surface area contributed by atoms with E-state index in [1.165, 1.54) is 10.9 Å². The minimum atomic E-state index is -0.587. The second kappa shape index (κ2) is 8.20. The largest absolute Gasteiger partial charge is 0.324 e. The standard InChI is InChI=1S/C28H27N7O3/c1-5-13-34-24(37)18-15-29-26(32-22(18)35(34)21-8-6-7-20(31-21)27(2,3)4)30-16-9-10-19-17(14-16)23(36)33-25(38)28(19)11-12-28/h5-10,14-15H,1,11-13H2,2-4H3,(H,29,30,32)(H,33,36,38). The molecule has 38 heavy (non-hydrogen) atoms. The second-order valence-corrected chi connectivity index (χ2v) is 10.8. The van der Waals surface area contributed by atoms with Crippen LogP contribution in [-0.4, -0.2) is 36.1 Å². The van der Waals surface area contributed by atoms with Gasteiger partial charge in [-0.2, -0.15) is 4.98 Å². The van der Waals surface area contributed by atoms with Crippen LogP contribution in [-0.2, 0) is 22.2 Å². The van der Waals surface area contributed by atoms with Gasteiger partial charge >= 0.3 is 0 Å². The van der Waals surface area contributed by atoms with Gasteiger partial charge in [-0.05, 0) is 42.7 Å². The Morgan fingerprint density at radius 2 is 1.92 bits per heavy atom. The van der Waals surface area contributed by atoms with E-state index in [2.05, 4.69) is 48.0 Å². The van der Waals surface area contributed by atoms with E-state index < -0.39 is 11.3 Å². The van der Waals surface area contributed by atoms with Crippen molar-refractivity contribution in [1.82, 2.24) is 29.6 Å². The van der Waals surface area contributed by atoms with Crippen molar-refractivity contribution in [2.75, 3.05) is 5.32 Å². The molecule has 0 saturated heterocycles. The number of imide groups is 1. The van der Waals surface area contributed by atoms with Gasteiger partial charge in [-0.15, -0.1) is 6.58 Å². The van der Waals surface area contributed by atoms with E-state index in [0.29, 0.717) is 28.1 Å². The fourth-order valence-corrected chi connectivity index (χ4v) is 4.96. The summed E-state index contributed by atoms with van der Waals surface area (Å²) in [7, 11) is 0. The molecule has 1 spiro atoms. The lowest BCUT2D eigenvalue weighted by Crippen LogP contribution is -2.44. The molecule has 0 radical (unpaired) electrons. The highest BCUT2D eigenvalue weighted by Crippen LogP contribution is 2.51. The molecule has 4 heterocycles. The monoisotopic (exact) mass is 509 g/mol. The molecule has 1 fully saturated rings. The van der Waals surface area contributed by atoms with E-state index in [-0.39, 0.29) is 29.4 Å². The number of rotatable bonds is 5. The maximum Gasteiger partial charge on any atom is 0.278 e. The molecule has 1 aliphatic heterocycles. The van der Waals surface area contributed by atoms with Crippen LogP contribution in [0.3, 0.4) is 0 Å². The molecular weight excluding hydrogens is 482 g/mol. The Morgan fingerprint density at radius 1 is 1.13 bits per heavy atom. The fraction of sp³-hybridized carbons (Fsp3) is 0.286. The lowest BCUT2D eigenvalue weighted by Gasteiger charge is -2.24. The first-order chi connectivity index (χ1) is 18.1. The van der Waals surface area contributed by atoms with Crippen molar-refractivity contribution in [3.8, 4) is 5.82 Å². The van der Waals surface area contributed by atoms with E-state index in [4.69, 9.17) is 4.98 Å². The summed E-state index contributed by atoms with van der Waals surface area (Å²) in [6.45, 7) is 10.3. The molecule has 2 N–H and O–H groups in total. The number of anilines is 2. The summed E-state index contributed by atoms with van der Waals surface area (Å²) in [5, 5.41) is 5.97. The van der Waals surface area contributed by atoms with Gasteiger partial charge in [0.1, 0.15) is 5.39 Å². The zero-order valence-corrected chi connectivity index (χ0v) is 21.4. The highest BCUT2D eigenvalue weighted by molar-refractivity contribution is 6.14. The molecule has 10 nitrogen and oxygen atoms in total. The van der Waals surface area contributed by atoms with Crippen LogP contribution in [0.2, 0.25) is 0 Å². The molecule has 1 aliphatic carbocycles. The Hall–Kier alpha value is -4.60. The average molecular weight is 510 g/mol. The molecule has 6 rings (SSSR count). The third-order valence-corrected chi connectivity index (χ3v) is 7.14. The van der Waals surface area contributed by atoms with Crippen LogP contribution >= 0.6 is 0 Å². The molecule has 1 aromatic carbocycles. The Bertz CT molecular complexity index is 1720. The van der Waals surface area contributed by atoms with E-state index in [1.807, 2.05) is 30.3 Å². The summed E-state index contributed by atoms with van der Waals surface area (Å²) in [6.07, 6.45) is 4.59. The van der Waals surface area contributed by atoms with Crippen LogP contribution in [0.4, 0.5) is 11.6 Å². The first-order valence-electron chi connectivity index (χ1n) is 12.5. The molecule has 192 valence electrons. The summed E-state index contributed by atoms with van der Waals surface area (Å²) in [6, 6.07) is 11.0. The molecule has 10 heteroatoms. The molecule has 0 unspecified atom stereocenters. The zero-order chi connectivity index (χ0) is 26.8. The summed E-state index contributed by atoms with van der Waals surface area (Å²) in [5.74, 6) is 0.168. The van der Waals surface area contributed by atoms with Crippen LogP contribution in [0.25, 0.3) is 16.9 Å². The minimum Gasteiger partial charge on any atom is -0.324 e. The highest BCUT2D eigenvalue weighted by atomic mass is 16.2. The maximum absolute atomic E-state index is 13.2.